The van der Waals surface area contributed by atoms with Crippen LogP contribution in [0.3, 0.4) is 0 Å². The van der Waals surface area contributed by atoms with Crippen LogP contribution in [-0.2, 0) is 11.8 Å². The first-order valence-electron chi connectivity index (χ1n) is 5.80. The Balaban J connectivity index is 2.10. The summed E-state index contributed by atoms with van der Waals surface area (Å²) in [7, 11) is 1.84. The zero-order valence-corrected chi connectivity index (χ0v) is 12.3. The van der Waals surface area contributed by atoms with E-state index in [-0.39, 0.29) is 5.91 Å². The molecule has 0 aliphatic carbocycles. The van der Waals surface area contributed by atoms with Crippen molar-refractivity contribution in [2.45, 2.75) is 6.42 Å². The fourth-order valence-electron chi connectivity index (χ4n) is 2.18. The zero-order chi connectivity index (χ0) is 13.6. The first-order valence-corrected chi connectivity index (χ1v) is 6.88. The summed E-state index contributed by atoms with van der Waals surface area (Å²) < 4.78 is 2.86. The maximum absolute atomic E-state index is 11.9. The van der Waals surface area contributed by atoms with E-state index in [9.17, 15) is 9.59 Å². The van der Waals surface area contributed by atoms with Crippen molar-refractivity contribution in [3.8, 4) is 0 Å². The van der Waals surface area contributed by atoms with Gasteiger partial charge in [0.1, 0.15) is 0 Å². The van der Waals surface area contributed by atoms with Gasteiger partial charge in [-0.2, -0.15) is 5.10 Å². The van der Waals surface area contributed by atoms with Crippen molar-refractivity contribution < 1.29 is 9.59 Å². The number of hydrogen-bond donors (Lipinski definition) is 1. The van der Waals surface area contributed by atoms with Crippen molar-refractivity contribution in [2.24, 2.45) is 7.05 Å². The molecule has 0 spiro atoms. The smallest absolute Gasteiger partial charge is 0.278 e. The van der Waals surface area contributed by atoms with Crippen molar-refractivity contribution in [1.82, 2.24) is 15.1 Å². The first-order chi connectivity index (χ1) is 9.06. The van der Waals surface area contributed by atoms with Gasteiger partial charge in [0.2, 0.25) is 5.91 Å². The fraction of sp³-hybridized carbons (Fsp3) is 0.250. The molecule has 2 aromatic rings. The SMILES string of the molecule is Cn1nc(N2CCC(=O)NC2=O)c2ccc(I)cc21. The Labute approximate surface area is 122 Å². The molecule has 1 aromatic heterocycles. The molecule has 0 unspecified atom stereocenters. The van der Waals surface area contributed by atoms with Crippen molar-refractivity contribution >= 4 is 51.2 Å². The summed E-state index contributed by atoms with van der Waals surface area (Å²) in [5, 5.41) is 7.62. The average Bonchev–Trinajstić information content (AvgIpc) is 2.66. The molecule has 1 aromatic carbocycles. The van der Waals surface area contributed by atoms with Gasteiger partial charge in [-0.3, -0.25) is 19.7 Å². The van der Waals surface area contributed by atoms with Crippen molar-refractivity contribution in [2.75, 3.05) is 11.4 Å². The number of carbonyl (C=O) groups excluding carboxylic acids is 2. The van der Waals surface area contributed by atoms with Gasteiger partial charge in [-0.25, -0.2) is 4.79 Å². The summed E-state index contributed by atoms with van der Waals surface area (Å²) in [5.74, 6) is 0.356. The van der Waals surface area contributed by atoms with E-state index in [0.717, 1.165) is 14.5 Å². The minimum Gasteiger partial charge on any atom is -0.278 e. The fourth-order valence-corrected chi connectivity index (χ4v) is 2.65. The highest BCUT2D eigenvalue weighted by Crippen LogP contribution is 2.28. The summed E-state index contributed by atoms with van der Waals surface area (Å²) in [6.45, 7) is 0.364. The van der Waals surface area contributed by atoms with Gasteiger partial charge in [-0.15, -0.1) is 0 Å². The van der Waals surface area contributed by atoms with Gasteiger partial charge in [0.25, 0.3) is 0 Å². The van der Waals surface area contributed by atoms with Crippen LogP contribution in [0.2, 0.25) is 0 Å². The van der Waals surface area contributed by atoms with E-state index in [2.05, 4.69) is 33.0 Å². The lowest BCUT2D eigenvalue weighted by Gasteiger charge is -2.24. The highest BCUT2D eigenvalue weighted by Gasteiger charge is 2.27. The number of aryl methyl sites for hydroxylation is 1. The van der Waals surface area contributed by atoms with Gasteiger partial charge in [0.15, 0.2) is 5.82 Å². The topological polar surface area (TPSA) is 67.2 Å². The molecular formula is C12H11IN4O2. The van der Waals surface area contributed by atoms with E-state index in [1.165, 1.54) is 4.90 Å². The third kappa shape index (κ3) is 2.07. The number of nitrogens with one attached hydrogen (secondary N) is 1. The van der Waals surface area contributed by atoms with E-state index in [4.69, 9.17) is 0 Å². The molecule has 98 valence electrons. The number of aromatic nitrogens is 2. The predicted molar refractivity (Wildman–Crippen MR) is 78.9 cm³/mol. The molecule has 1 fully saturated rings. The third-order valence-electron chi connectivity index (χ3n) is 3.10. The zero-order valence-electron chi connectivity index (χ0n) is 10.2. The molecule has 19 heavy (non-hydrogen) atoms. The van der Waals surface area contributed by atoms with Crippen LogP contribution in [0, 0.1) is 3.57 Å². The summed E-state index contributed by atoms with van der Waals surface area (Å²) in [6.07, 6.45) is 0.300. The van der Waals surface area contributed by atoms with E-state index >= 15 is 0 Å². The molecule has 0 atom stereocenters. The Bertz CT molecular complexity index is 694. The van der Waals surface area contributed by atoms with Crippen LogP contribution in [0.25, 0.3) is 10.9 Å². The van der Waals surface area contributed by atoms with Gasteiger partial charge in [0, 0.05) is 29.0 Å². The third-order valence-corrected chi connectivity index (χ3v) is 3.77. The quantitative estimate of drug-likeness (QED) is 0.776. The standard InChI is InChI=1S/C12H11IN4O2/c1-16-9-6-7(13)2-3-8(9)11(15-16)17-5-4-10(18)14-12(17)19/h2-3,6H,4-5H2,1H3,(H,14,18,19). The van der Waals surface area contributed by atoms with Gasteiger partial charge in [-0.1, -0.05) is 0 Å². The van der Waals surface area contributed by atoms with E-state index in [1.807, 2.05) is 25.2 Å². The summed E-state index contributed by atoms with van der Waals surface area (Å²) in [4.78, 5) is 24.6. The molecule has 1 N–H and O–H groups in total. The Hall–Kier alpha value is -1.64. The summed E-state index contributed by atoms with van der Waals surface area (Å²) >= 11 is 2.24. The molecule has 0 saturated carbocycles. The number of benzene rings is 1. The van der Waals surface area contributed by atoms with Crippen LogP contribution in [0.15, 0.2) is 18.2 Å². The molecule has 1 saturated heterocycles. The number of rotatable bonds is 1. The second-order valence-corrected chi connectivity index (χ2v) is 5.61. The minimum absolute atomic E-state index is 0.240. The number of halogens is 1. The van der Waals surface area contributed by atoms with Gasteiger partial charge in [0.05, 0.1) is 5.52 Å². The summed E-state index contributed by atoms with van der Waals surface area (Å²) in [6, 6.07) is 5.53. The number of urea groups is 1. The molecule has 7 heteroatoms. The predicted octanol–water partition coefficient (Wildman–Crippen LogP) is 1.62. The Morgan fingerprint density at radius 2 is 2.16 bits per heavy atom. The molecule has 0 radical (unpaired) electrons. The number of amides is 3. The van der Waals surface area contributed by atoms with Gasteiger partial charge >= 0.3 is 6.03 Å². The molecule has 6 nitrogen and oxygen atoms in total. The Kier molecular flexibility index (Phi) is 2.92. The van der Waals surface area contributed by atoms with E-state index < -0.39 is 6.03 Å². The summed E-state index contributed by atoms with van der Waals surface area (Å²) in [5.41, 5.74) is 0.964. The number of nitrogens with zero attached hydrogens (tertiary/aromatic N) is 3. The molecule has 3 rings (SSSR count). The van der Waals surface area contributed by atoms with Gasteiger partial charge < -0.3 is 0 Å². The normalized spacial score (nSPS) is 16.0. The van der Waals surface area contributed by atoms with Crippen molar-refractivity contribution in [3.05, 3.63) is 21.8 Å². The Morgan fingerprint density at radius 1 is 1.37 bits per heavy atom. The largest absolute Gasteiger partial charge is 0.329 e. The highest BCUT2D eigenvalue weighted by molar-refractivity contribution is 14.1. The molecule has 3 amide bonds. The maximum atomic E-state index is 11.9. The van der Waals surface area contributed by atoms with Crippen LogP contribution < -0.4 is 10.2 Å². The second kappa shape index (κ2) is 4.48. The number of imide groups is 1. The maximum Gasteiger partial charge on any atom is 0.329 e. The number of carbonyl (C=O) groups is 2. The lowest BCUT2D eigenvalue weighted by atomic mass is 10.2. The highest BCUT2D eigenvalue weighted by atomic mass is 127. The molecule has 1 aliphatic rings. The molecular weight excluding hydrogens is 359 g/mol. The van der Waals surface area contributed by atoms with Crippen LogP contribution in [0.4, 0.5) is 10.6 Å². The second-order valence-electron chi connectivity index (χ2n) is 4.36. The van der Waals surface area contributed by atoms with Gasteiger partial charge in [-0.05, 0) is 40.8 Å². The van der Waals surface area contributed by atoms with E-state index in [0.29, 0.717) is 18.8 Å². The first kappa shape index (κ1) is 12.4. The van der Waals surface area contributed by atoms with E-state index in [1.54, 1.807) is 4.68 Å². The van der Waals surface area contributed by atoms with Crippen LogP contribution in [0.5, 0.6) is 0 Å². The molecule has 1 aliphatic heterocycles. The molecule has 2 heterocycles. The minimum atomic E-state index is -0.408. The van der Waals surface area contributed by atoms with Crippen LogP contribution in [-0.4, -0.2) is 28.3 Å². The van der Waals surface area contributed by atoms with Crippen LogP contribution >= 0.6 is 22.6 Å². The molecule has 0 bridgehead atoms. The number of hydrogen-bond acceptors (Lipinski definition) is 3. The Morgan fingerprint density at radius 3 is 2.89 bits per heavy atom. The lowest BCUT2D eigenvalue weighted by molar-refractivity contribution is -0.120. The number of anilines is 1. The number of fused-ring (bicyclic) bond motifs is 1. The lowest BCUT2D eigenvalue weighted by Crippen LogP contribution is -2.49. The van der Waals surface area contributed by atoms with Crippen LogP contribution in [0.1, 0.15) is 6.42 Å². The van der Waals surface area contributed by atoms with Crippen molar-refractivity contribution in [1.29, 1.82) is 0 Å². The van der Waals surface area contributed by atoms with Crippen molar-refractivity contribution in [3.63, 3.8) is 0 Å². The average molecular weight is 370 g/mol. The monoisotopic (exact) mass is 370 g/mol.